The number of imidazole rings is 1. The molecule has 1 aromatic heterocycles. The zero-order chi connectivity index (χ0) is 13.9. The standard InChI is InChI=1S/C15H24N2O2/c1-4-10-17-11-9-16-14(17)13(18)15(19-3)7-5-12(2)6-8-15/h9,11-12H,4-8,10H2,1-3H3. The van der Waals surface area contributed by atoms with Crippen molar-refractivity contribution >= 4 is 5.78 Å². The van der Waals surface area contributed by atoms with E-state index in [1.165, 1.54) is 0 Å². The SMILES string of the molecule is CCCn1ccnc1C(=O)C1(OC)CCC(C)CC1. The van der Waals surface area contributed by atoms with Crippen molar-refractivity contribution in [2.75, 3.05) is 7.11 Å². The number of hydrogen-bond acceptors (Lipinski definition) is 3. The van der Waals surface area contributed by atoms with Gasteiger partial charge < -0.3 is 9.30 Å². The largest absolute Gasteiger partial charge is 0.370 e. The van der Waals surface area contributed by atoms with Gasteiger partial charge in [-0.3, -0.25) is 4.79 Å². The van der Waals surface area contributed by atoms with Crippen LogP contribution < -0.4 is 0 Å². The number of nitrogens with zero attached hydrogens (tertiary/aromatic N) is 2. The van der Waals surface area contributed by atoms with Crippen molar-refractivity contribution in [2.24, 2.45) is 5.92 Å². The molecule has 0 atom stereocenters. The van der Waals surface area contributed by atoms with Crippen molar-refractivity contribution in [3.63, 3.8) is 0 Å². The minimum absolute atomic E-state index is 0.0559. The molecule has 1 aromatic rings. The number of methoxy groups -OCH3 is 1. The predicted molar refractivity (Wildman–Crippen MR) is 74.2 cm³/mol. The van der Waals surface area contributed by atoms with Gasteiger partial charge in [-0.05, 0) is 38.0 Å². The van der Waals surface area contributed by atoms with Gasteiger partial charge in [0.2, 0.25) is 5.78 Å². The Kier molecular flexibility index (Phi) is 4.40. The number of carbonyl (C=O) groups is 1. The summed E-state index contributed by atoms with van der Waals surface area (Å²) >= 11 is 0. The van der Waals surface area contributed by atoms with Gasteiger partial charge in [0.15, 0.2) is 5.82 Å². The first-order chi connectivity index (χ1) is 9.13. The molecule has 0 N–H and O–H groups in total. The van der Waals surface area contributed by atoms with Gasteiger partial charge in [-0.25, -0.2) is 4.98 Å². The first-order valence-corrected chi connectivity index (χ1v) is 7.24. The van der Waals surface area contributed by atoms with Gasteiger partial charge in [-0.2, -0.15) is 0 Å². The van der Waals surface area contributed by atoms with Crippen LogP contribution in [0.5, 0.6) is 0 Å². The van der Waals surface area contributed by atoms with Crippen LogP contribution in [0, 0.1) is 5.92 Å². The van der Waals surface area contributed by atoms with Gasteiger partial charge in [-0.15, -0.1) is 0 Å². The maximum Gasteiger partial charge on any atom is 0.229 e. The summed E-state index contributed by atoms with van der Waals surface area (Å²) in [6, 6.07) is 0. The molecule has 1 aliphatic carbocycles. The lowest BCUT2D eigenvalue weighted by atomic mass is 9.77. The molecule has 2 rings (SSSR count). The van der Waals surface area contributed by atoms with E-state index in [0.717, 1.165) is 38.6 Å². The molecule has 0 aromatic carbocycles. The number of aromatic nitrogens is 2. The Morgan fingerprint density at radius 3 is 2.79 bits per heavy atom. The van der Waals surface area contributed by atoms with Crippen LogP contribution in [-0.4, -0.2) is 28.0 Å². The van der Waals surface area contributed by atoms with Crippen LogP contribution in [0.15, 0.2) is 12.4 Å². The molecule has 4 heteroatoms. The number of ether oxygens (including phenoxy) is 1. The third-order valence-corrected chi connectivity index (χ3v) is 4.27. The fourth-order valence-corrected chi connectivity index (χ4v) is 2.90. The van der Waals surface area contributed by atoms with E-state index in [1.54, 1.807) is 13.3 Å². The number of rotatable bonds is 5. The highest BCUT2D eigenvalue weighted by Gasteiger charge is 2.43. The Labute approximate surface area is 115 Å². The molecule has 0 saturated heterocycles. The zero-order valence-electron chi connectivity index (χ0n) is 12.2. The summed E-state index contributed by atoms with van der Waals surface area (Å²) in [5.41, 5.74) is -0.649. The first kappa shape index (κ1) is 14.3. The average molecular weight is 264 g/mol. The van der Waals surface area contributed by atoms with Crippen molar-refractivity contribution in [3.05, 3.63) is 18.2 Å². The minimum Gasteiger partial charge on any atom is -0.370 e. The Morgan fingerprint density at radius 1 is 1.53 bits per heavy atom. The Morgan fingerprint density at radius 2 is 2.21 bits per heavy atom. The van der Waals surface area contributed by atoms with E-state index in [2.05, 4.69) is 18.8 Å². The predicted octanol–water partition coefficient (Wildman–Crippen LogP) is 3.07. The summed E-state index contributed by atoms with van der Waals surface area (Å²) in [5, 5.41) is 0. The molecule has 0 radical (unpaired) electrons. The lowest BCUT2D eigenvalue weighted by Gasteiger charge is -2.36. The summed E-state index contributed by atoms with van der Waals surface area (Å²) in [6.45, 7) is 5.17. The molecule has 1 saturated carbocycles. The monoisotopic (exact) mass is 264 g/mol. The van der Waals surface area contributed by atoms with Crippen LogP contribution >= 0.6 is 0 Å². The molecular weight excluding hydrogens is 240 g/mol. The van der Waals surface area contributed by atoms with Crippen molar-refractivity contribution in [3.8, 4) is 0 Å². The Hall–Kier alpha value is -1.16. The molecule has 0 amide bonds. The molecular formula is C15H24N2O2. The summed E-state index contributed by atoms with van der Waals surface area (Å²) in [4.78, 5) is 17.1. The van der Waals surface area contributed by atoms with E-state index in [-0.39, 0.29) is 5.78 Å². The second-order valence-electron chi connectivity index (χ2n) is 5.65. The van der Waals surface area contributed by atoms with Gasteiger partial charge in [0, 0.05) is 26.0 Å². The van der Waals surface area contributed by atoms with Crippen LogP contribution in [0.2, 0.25) is 0 Å². The molecule has 106 valence electrons. The number of Topliss-reactive ketones (excluding diaryl/α,β-unsaturated/α-hetero) is 1. The zero-order valence-corrected chi connectivity index (χ0v) is 12.2. The first-order valence-electron chi connectivity index (χ1n) is 7.24. The molecule has 0 aliphatic heterocycles. The second-order valence-corrected chi connectivity index (χ2v) is 5.65. The summed E-state index contributed by atoms with van der Waals surface area (Å²) < 4.78 is 7.59. The minimum atomic E-state index is -0.649. The molecule has 0 spiro atoms. The lowest BCUT2D eigenvalue weighted by molar-refractivity contribution is -0.0272. The van der Waals surface area contributed by atoms with E-state index in [9.17, 15) is 4.79 Å². The molecule has 19 heavy (non-hydrogen) atoms. The lowest BCUT2D eigenvalue weighted by Crippen LogP contribution is -2.45. The van der Waals surface area contributed by atoms with Gasteiger partial charge >= 0.3 is 0 Å². The fourth-order valence-electron chi connectivity index (χ4n) is 2.90. The van der Waals surface area contributed by atoms with Crippen LogP contribution in [-0.2, 0) is 11.3 Å². The van der Waals surface area contributed by atoms with Crippen molar-refractivity contribution in [1.82, 2.24) is 9.55 Å². The molecule has 0 unspecified atom stereocenters. The van der Waals surface area contributed by atoms with Crippen LogP contribution in [0.4, 0.5) is 0 Å². The van der Waals surface area contributed by atoms with E-state index >= 15 is 0 Å². The van der Waals surface area contributed by atoms with E-state index in [1.807, 2.05) is 10.8 Å². The van der Waals surface area contributed by atoms with Crippen molar-refractivity contribution < 1.29 is 9.53 Å². The normalized spacial score (nSPS) is 27.4. The van der Waals surface area contributed by atoms with Crippen LogP contribution in [0.25, 0.3) is 0 Å². The van der Waals surface area contributed by atoms with Gasteiger partial charge in [-0.1, -0.05) is 13.8 Å². The molecule has 4 nitrogen and oxygen atoms in total. The summed E-state index contributed by atoms with van der Waals surface area (Å²) in [5.74, 6) is 1.30. The highest BCUT2D eigenvalue weighted by molar-refractivity contribution is 5.99. The Bertz CT molecular complexity index is 431. The molecule has 1 aliphatic rings. The number of aryl methyl sites for hydroxylation is 1. The van der Waals surface area contributed by atoms with Crippen LogP contribution in [0.3, 0.4) is 0 Å². The Balaban J connectivity index is 2.23. The smallest absolute Gasteiger partial charge is 0.229 e. The maximum atomic E-state index is 12.8. The van der Waals surface area contributed by atoms with E-state index in [4.69, 9.17) is 4.74 Å². The van der Waals surface area contributed by atoms with Crippen molar-refractivity contribution in [2.45, 2.75) is 58.1 Å². The quantitative estimate of drug-likeness (QED) is 0.768. The van der Waals surface area contributed by atoms with Gasteiger partial charge in [0.1, 0.15) is 5.60 Å². The van der Waals surface area contributed by atoms with Crippen LogP contribution in [0.1, 0.15) is 56.6 Å². The fraction of sp³-hybridized carbons (Fsp3) is 0.733. The average Bonchev–Trinajstić information content (AvgIpc) is 2.88. The third-order valence-electron chi connectivity index (χ3n) is 4.27. The second kappa shape index (κ2) is 5.87. The van der Waals surface area contributed by atoms with Crippen molar-refractivity contribution in [1.29, 1.82) is 0 Å². The number of hydrogen-bond donors (Lipinski definition) is 0. The highest BCUT2D eigenvalue weighted by Crippen LogP contribution is 2.36. The van der Waals surface area contributed by atoms with Gasteiger partial charge in [0.25, 0.3) is 0 Å². The van der Waals surface area contributed by atoms with E-state index in [0.29, 0.717) is 11.7 Å². The topological polar surface area (TPSA) is 44.1 Å². The highest BCUT2D eigenvalue weighted by atomic mass is 16.5. The number of carbonyl (C=O) groups excluding carboxylic acids is 1. The summed E-state index contributed by atoms with van der Waals surface area (Å²) in [6.07, 6.45) is 8.30. The molecule has 0 bridgehead atoms. The molecule has 1 fully saturated rings. The van der Waals surface area contributed by atoms with E-state index < -0.39 is 5.60 Å². The maximum absolute atomic E-state index is 12.8. The number of ketones is 1. The summed E-state index contributed by atoms with van der Waals surface area (Å²) in [7, 11) is 1.65. The molecule has 1 heterocycles. The third kappa shape index (κ3) is 2.73. The van der Waals surface area contributed by atoms with Gasteiger partial charge in [0.05, 0.1) is 0 Å².